The van der Waals surface area contributed by atoms with E-state index in [1.165, 1.54) is 0 Å². The molecule has 0 bridgehead atoms. The van der Waals surface area contributed by atoms with E-state index < -0.39 is 54.9 Å². The minimum Gasteiger partial charge on any atom is -0.481 e. The third-order valence-corrected chi connectivity index (χ3v) is 6.49. The molecule has 0 saturated carbocycles. The van der Waals surface area contributed by atoms with Crippen molar-refractivity contribution >= 4 is 11.9 Å². The molecule has 1 rings (SSSR count). The van der Waals surface area contributed by atoms with Crippen LogP contribution >= 0.6 is 0 Å². The zero-order chi connectivity index (χ0) is 26.2. The van der Waals surface area contributed by atoms with Crippen LogP contribution in [0.1, 0.15) is 111 Å². The van der Waals surface area contributed by atoms with Crippen molar-refractivity contribution in [2.75, 3.05) is 0 Å². The molecule has 7 atom stereocenters. The van der Waals surface area contributed by atoms with Gasteiger partial charge in [-0.1, -0.05) is 71.6 Å². The van der Waals surface area contributed by atoms with Crippen LogP contribution in [0, 0.1) is 0 Å². The smallest absolute Gasteiger partial charge is 0.308 e. The maximum absolute atomic E-state index is 12.7. The lowest BCUT2D eigenvalue weighted by Crippen LogP contribution is -2.58. The summed E-state index contributed by atoms with van der Waals surface area (Å²) in [5.41, 5.74) is 0. The highest BCUT2D eigenvalue weighted by molar-refractivity contribution is 5.72. The number of carboxylic acid groups (broad SMARTS) is 1. The molecule has 0 radical (unpaired) electrons. The quantitative estimate of drug-likeness (QED) is 0.153. The molecule has 0 aromatic carbocycles. The van der Waals surface area contributed by atoms with Gasteiger partial charge in [0.05, 0.1) is 25.0 Å². The van der Waals surface area contributed by atoms with Gasteiger partial charge in [0.2, 0.25) is 0 Å². The lowest BCUT2D eigenvalue weighted by Gasteiger charge is -2.40. The molecule has 1 aliphatic heterocycles. The molecule has 1 aliphatic rings. The molecule has 0 amide bonds. The van der Waals surface area contributed by atoms with Crippen molar-refractivity contribution in [1.29, 1.82) is 0 Å². The number of hydrogen-bond donors (Lipinski definition) is 4. The van der Waals surface area contributed by atoms with Crippen LogP contribution in [0.3, 0.4) is 0 Å². The van der Waals surface area contributed by atoms with Gasteiger partial charge >= 0.3 is 11.9 Å². The number of carbonyl (C=O) groups is 2. The summed E-state index contributed by atoms with van der Waals surface area (Å²) in [5, 5.41) is 39.5. The fourth-order valence-electron chi connectivity index (χ4n) is 4.30. The molecule has 35 heavy (non-hydrogen) atoms. The molecule has 0 aliphatic carbocycles. The van der Waals surface area contributed by atoms with Crippen LogP contribution in [-0.2, 0) is 23.8 Å². The Morgan fingerprint density at radius 3 is 1.86 bits per heavy atom. The number of aliphatic hydroxyl groups excluding tert-OH is 3. The van der Waals surface area contributed by atoms with E-state index in [1.807, 2.05) is 0 Å². The number of hydrogen-bond acceptors (Lipinski definition) is 8. The summed E-state index contributed by atoms with van der Waals surface area (Å²) in [6, 6.07) is 0. The predicted octanol–water partition coefficient (Wildman–Crippen LogP) is 3.70. The van der Waals surface area contributed by atoms with Gasteiger partial charge in [-0.15, -0.1) is 0 Å². The van der Waals surface area contributed by atoms with Gasteiger partial charge in [0.15, 0.2) is 6.29 Å². The lowest BCUT2D eigenvalue weighted by molar-refractivity contribution is -0.304. The minimum atomic E-state index is -1.46. The van der Waals surface area contributed by atoms with E-state index in [0.29, 0.717) is 12.8 Å². The van der Waals surface area contributed by atoms with Gasteiger partial charge < -0.3 is 34.6 Å². The standard InChI is InChI=1S/C26H48O9/c1-4-6-8-10-12-14-19(16-21(27)28)34-22(29)17-20(15-13-11-9-7-5-2)35-26-25(32)24(31)23(30)18(3)33-26/h18-20,23-26,30-32H,4-17H2,1-3H3,(H,27,28)/t18?,19?,20?,23-,24?,25?,26-/m0/s1. The number of aliphatic carboxylic acids is 1. The van der Waals surface area contributed by atoms with Crippen LogP contribution in [0.15, 0.2) is 0 Å². The van der Waals surface area contributed by atoms with Gasteiger partial charge in [0.25, 0.3) is 0 Å². The first-order valence-electron chi connectivity index (χ1n) is 13.5. The second-order valence-corrected chi connectivity index (χ2v) is 9.76. The lowest BCUT2D eigenvalue weighted by atomic mass is 9.99. The molecule has 1 heterocycles. The zero-order valence-electron chi connectivity index (χ0n) is 21.8. The van der Waals surface area contributed by atoms with Gasteiger partial charge in [0, 0.05) is 0 Å². The Labute approximate surface area is 210 Å². The number of ether oxygens (including phenoxy) is 3. The topological polar surface area (TPSA) is 143 Å². The molecule has 1 fully saturated rings. The third kappa shape index (κ3) is 13.0. The van der Waals surface area contributed by atoms with Gasteiger partial charge in [-0.05, 0) is 26.2 Å². The van der Waals surface area contributed by atoms with E-state index in [2.05, 4.69) is 13.8 Å². The van der Waals surface area contributed by atoms with Crippen LogP contribution < -0.4 is 0 Å². The molecule has 9 nitrogen and oxygen atoms in total. The maximum atomic E-state index is 12.7. The van der Waals surface area contributed by atoms with Gasteiger partial charge in [-0.3, -0.25) is 9.59 Å². The van der Waals surface area contributed by atoms with Gasteiger partial charge in [0.1, 0.15) is 24.4 Å². The molecule has 206 valence electrons. The Morgan fingerprint density at radius 2 is 1.31 bits per heavy atom. The van der Waals surface area contributed by atoms with Crippen LogP contribution in [0.2, 0.25) is 0 Å². The van der Waals surface area contributed by atoms with Crippen LogP contribution in [0.5, 0.6) is 0 Å². The van der Waals surface area contributed by atoms with Crippen LogP contribution in [0.4, 0.5) is 0 Å². The van der Waals surface area contributed by atoms with Crippen molar-refractivity contribution in [3.8, 4) is 0 Å². The van der Waals surface area contributed by atoms with Crippen molar-refractivity contribution in [2.24, 2.45) is 0 Å². The molecular formula is C26H48O9. The summed E-state index contributed by atoms with van der Waals surface area (Å²) in [5.74, 6) is -1.57. The summed E-state index contributed by atoms with van der Waals surface area (Å²) in [6.07, 6.45) is 3.42. The van der Waals surface area contributed by atoms with Gasteiger partial charge in [-0.25, -0.2) is 0 Å². The van der Waals surface area contributed by atoms with E-state index in [-0.39, 0.29) is 12.8 Å². The number of unbranched alkanes of at least 4 members (excludes halogenated alkanes) is 8. The van der Waals surface area contributed by atoms with Crippen molar-refractivity contribution < 1.29 is 44.2 Å². The van der Waals surface area contributed by atoms with E-state index in [1.54, 1.807) is 6.92 Å². The molecule has 9 heteroatoms. The Bertz CT molecular complexity index is 585. The highest BCUT2D eigenvalue weighted by atomic mass is 16.7. The van der Waals surface area contributed by atoms with E-state index >= 15 is 0 Å². The highest BCUT2D eigenvalue weighted by Crippen LogP contribution is 2.25. The molecule has 0 aromatic heterocycles. The number of carbonyl (C=O) groups excluding carboxylic acids is 1. The Kier molecular flexibility index (Phi) is 16.4. The number of rotatable bonds is 19. The first-order chi connectivity index (χ1) is 16.7. The summed E-state index contributed by atoms with van der Waals surface area (Å²) < 4.78 is 17.0. The summed E-state index contributed by atoms with van der Waals surface area (Å²) in [7, 11) is 0. The average molecular weight is 505 g/mol. The largest absolute Gasteiger partial charge is 0.481 e. The fraction of sp³-hybridized carbons (Fsp3) is 0.923. The predicted molar refractivity (Wildman–Crippen MR) is 131 cm³/mol. The average Bonchev–Trinajstić information content (AvgIpc) is 2.80. The summed E-state index contributed by atoms with van der Waals surface area (Å²) >= 11 is 0. The van der Waals surface area contributed by atoms with E-state index in [4.69, 9.17) is 14.2 Å². The SMILES string of the molecule is CCCCCCCC(CC(=O)O)OC(=O)CC(CCCCCCC)O[C@@H]1OC(C)[C@H](O)C(O)C1O. The molecule has 1 saturated heterocycles. The zero-order valence-corrected chi connectivity index (χ0v) is 21.8. The number of esters is 1. The minimum absolute atomic E-state index is 0.112. The first-order valence-corrected chi connectivity index (χ1v) is 13.5. The molecule has 0 spiro atoms. The summed E-state index contributed by atoms with van der Waals surface area (Å²) in [6.45, 7) is 5.82. The fourth-order valence-corrected chi connectivity index (χ4v) is 4.30. The molecular weight excluding hydrogens is 456 g/mol. The van der Waals surface area contributed by atoms with Crippen molar-refractivity contribution in [3.05, 3.63) is 0 Å². The van der Waals surface area contributed by atoms with Crippen molar-refractivity contribution in [2.45, 2.75) is 154 Å². The van der Waals surface area contributed by atoms with Crippen LogP contribution in [-0.4, -0.2) is 75.3 Å². The summed E-state index contributed by atoms with van der Waals surface area (Å²) in [4.78, 5) is 24.0. The number of carboxylic acids is 1. The first kappa shape index (κ1) is 31.8. The Balaban J connectivity index is 2.72. The van der Waals surface area contributed by atoms with Crippen molar-refractivity contribution in [1.82, 2.24) is 0 Å². The normalized spacial score (nSPS) is 26.3. The monoisotopic (exact) mass is 504 g/mol. The molecule has 4 N–H and O–H groups in total. The van der Waals surface area contributed by atoms with Gasteiger partial charge in [-0.2, -0.15) is 0 Å². The second kappa shape index (κ2) is 18.1. The second-order valence-electron chi connectivity index (χ2n) is 9.76. The molecule has 5 unspecified atom stereocenters. The third-order valence-electron chi connectivity index (χ3n) is 6.49. The highest BCUT2D eigenvalue weighted by Gasteiger charge is 2.43. The molecule has 0 aromatic rings. The Morgan fingerprint density at radius 1 is 0.771 bits per heavy atom. The van der Waals surface area contributed by atoms with Crippen molar-refractivity contribution in [3.63, 3.8) is 0 Å². The maximum Gasteiger partial charge on any atom is 0.308 e. The van der Waals surface area contributed by atoms with E-state index in [9.17, 15) is 30.0 Å². The van der Waals surface area contributed by atoms with E-state index in [0.717, 1.165) is 64.2 Å². The Hall–Kier alpha value is -1.26. The number of aliphatic hydroxyl groups is 3. The van der Waals surface area contributed by atoms with Crippen LogP contribution in [0.25, 0.3) is 0 Å².